The van der Waals surface area contributed by atoms with E-state index in [0.717, 1.165) is 58.9 Å². The standard InChI is InChI=1S/C13H30N2O2/c1-4-16-11-9-15(10-12-17-5-2)8-6-7-13(3)14/h13H,4-12,14H2,1-3H3. The van der Waals surface area contributed by atoms with Gasteiger partial charge in [0.05, 0.1) is 13.2 Å². The summed E-state index contributed by atoms with van der Waals surface area (Å²) >= 11 is 0. The van der Waals surface area contributed by atoms with Gasteiger partial charge in [-0.25, -0.2) is 0 Å². The van der Waals surface area contributed by atoms with Gasteiger partial charge in [-0.1, -0.05) is 0 Å². The van der Waals surface area contributed by atoms with E-state index in [1.807, 2.05) is 13.8 Å². The fourth-order valence-corrected chi connectivity index (χ4v) is 1.65. The van der Waals surface area contributed by atoms with Crippen molar-refractivity contribution in [1.82, 2.24) is 4.90 Å². The van der Waals surface area contributed by atoms with E-state index in [9.17, 15) is 0 Å². The van der Waals surface area contributed by atoms with Crippen LogP contribution >= 0.6 is 0 Å². The topological polar surface area (TPSA) is 47.7 Å². The summed E-state index contributed by atoms with van der Waals surface area (Å²) in [4.78, 5) is 2.40. The molecule has 4 heteroatoms. The lowest BCUT2D eigenvalue weighted by Crippen LogP contribution is -2.32. The van der Waals surface area contributed by atoms with Crippen molar-refractivity contribution in [3.05, 3.63) is 0 Å². The number of nitrogens with two attached hydrogens (primary N) is 1. The molecule has 0 radical (unpaired) electrons. The van der Waals surface area contributed by atoms with Crippen molar-refractivity contribution in [2.24, 2.45) is 5.73 Å². The zero-order chi connectivity index (χ0) is 12.9. The summed E-state index contributed by atoms with van der Waals surface area (Å²) in [6.07, 6.45) is 2.23. The molecule has 1 unspecified atom stereocenters. The molecule has 17 heavy (non-hydrogen) atoms. The second kappa shape index (κ2) is 12.3. The molecule has 104 valence electrons. The molecule has 0 aliphatic heterocycles. The Bertz CT molecular complexity index is 144. The molecule has 0 rings (SSSR count). The van der Waals surface area contributed by atoms with Crippen molar-refractivity contribution < 1.29 is 9.47 Å². The normalized spacial score (nSPS) is 13.2. The van der Waals surface area contributed by atoms with Gasteiger partial charge in [-0.15, -0.1) is 0 Å². The van der Waals surface area contributed by atoms with Crippen molar-refractivity contribution in [1.29, 1.82) is 0 Å². The number of rotatable bonds is 12. The number of hydrogen-bond acceptors (Lipinski definition) is 4. The molecule has 0 fully saturated rings. The summed E-state index contributed by atoms with van der Waals surface area (Å²) in [5, 5.41) is 0. The van der Waals surface area contributed by atoms with E-state index in [4.69, 9.17) is 15.2 Å². The van der Waals surface area contributed by atoms with Gasteiger partial charge in [0.1, 0.15) is 0 Å². The summed E-state index contributed by atoms with van der Waals surface area (Å²) in [6, 6.07) is 0.302. The second-order valence-electron chi connectivity index (χ2n) is 4.36. The summed E-state index contributed by atoms with van der Waals surface area (Å²) in [5.41, 5.74) is 5.75. The molecule has 0 aliphatic rings. The fraction of sp³-hybridized carbons (Fsp3) is 1.00. The molecular formula is C13H30N2O2. The SMILES string of the molecule is CCOCCN(CCCC(C)N)CCOCC. The van der Waals surface area contributed by atoms with Gasteiger partial charge in [0.2, 0.25) is 0 Å². The van der Waals surface area contributed by atoms with Gasteiger partial charge in [0.25, 0.3) is 0 Å². The molecule has 0 aromatic rings. The summed E-state index contributed by atoms with van der Waals surface area (Å²) in [6.45, 7) is 12.4. The molecule has 0 bridgehead atoms. The van der Waals surface area contributed by atoms with E-state index in [1.165, 1.54) is 0 Å². The molecule has 0 heterocycles. The van der Waals surface area contributed by atoms with E-state index in [0.29, 0.717) is 6.04 Å². The van der Waals surface area contributed by atoms with Gasteiger partial charge in [0, 0.05) is 32.3 Å². The predicted molar refractivity (Wildman–Crippen MR) is 72.3 cm³/mol. The third-order valence-corrected chi connectivity index (χ3v) is 2.65. The van der Waals surface area contributed by atoms with Crippen molar-refractivity contribution in [3.63, 3.8) is 0 Å². The highest BCUT2D eigenvalue weighted by molar-refractivity contribution is 4.60. The first-order valence-electron chi connectivity index (χ1n) is 6.84. The number of nitrogens with zero attached hydrogens (tertiary/aromatic N) is 1. The summed E-state index contributed by atoms with van der Waals surface area (Å²) in [7, 11) is 0. The largest absolute Gasteiger partial charge is 0.380 e. The molecule has 0 amide bonds. The minimum absolute atomic E-state index is 0.302. The zero-order valence-corrected chi connectivity index (χ0v) is 11.8. The molecule has 1 atom stereocenters. The lowest BCUT2D eigenvalue weighted by molar-refractivity contribution is 0.0819. The Kier molecular flexibility index (Phi) is 12.2. The minimum Gasteiger partial charge on any atom is -0.380 e. The molecule has 0 aromatic heterocycles. The maximum Gasteiger partial charge on any atom is 0.0593 e. The summed E-state index contributed by atoms with van der Waals surface area (Å²) < 4.78 is 10.8. The highest BCUT2D eigenvalue weighted by Gasteiger charge is 2.05. The van der Waals surface area contributed by atoms with Crippen molar-refractivity contribution in [2.75, 3.05) is 46.1 Å². The first-order valence-corrected chi connectivity index (χ1v) is 6.84. The van der Waals surface area contributed by atoms with E-state index < -0.39 is 0 Å². The van der Waals surface area contributed by atoms with Crippen molar-refractivity contribution in [3.8, 4) is 0 Å². The van der Waals surface area contributed by atoms with E-state index in [1.54, 1.807) is 0 Å². The Hall–Kier alpha value is -0.160. The molecular weight excluding hydrogens is 216 g/mol. The van der Waals surface area contributed by atoms with Crippen LogP contribution in [0.1, 0.15) is 33.6 Å². The van der Waals surface area contributed by atoms with Crippen molar-refractivity contribution >= 4 is 0 Å². The lowest BCUT2D eigenvalue weighted by atomic mass is 10.2. The van der Waals surface area contributed by atoms with Crippen LogP contribution in [0.4, 0.5) is 0 Å². The highest BCUT2D eigenvalue weighted by atomic mass is 16.5. The van der Waals surface area contributed by atoms with Crippen LogP contribution in [-0.4, -0.2) is 57.0 Å². The molecule has 0 aliphatic carbocycles. The Morgan fingerprint density at radius 1 is 1.00 bits per heavy atom. The van der Waals surface area contributed by atoms with Crippen LogP contribution in [-0.2, 0) is 9.47 Å². The highest BCUT2D eigenvalue weighted by Crippen LogP contribution is 1.98. The first-order chi connectivity index (χ1) is 8.20. The maximum absolute atomic E-state index is 5.75. The predicted octanol–water partition coefficient (Wildman–Crippen LogP) is 1.49. The third-order valence-electron chi connectivity index (χ3n) is 2.65. The number of ether oxygens (including phenoxy) is 2. The molecule has 2 N–H and O–H groups in total. The summed E-state index contributed by atoms with van der Waals surface area (Å²) in [5.74, 6) is 0. The zero-order valence-electron chi connectivity index (χ0n) is 11.8. The van der Waals surface area contributed by atoms with Crippen LogP contribution in [0.25, 0.3) is 0 Å². The van der Waals surface area contributed by atoms with E-state index >= 15 is 0 Å². The Balaban J connectivity index is 3.67. The fourth-order valence-electron chi connectivity index (χ4n) is 1.65. The van der Waals surface area contributed by atoms with E-state index in [2.05, 4.69) is 11.8 Å². The molecule has 0 aromatic carbocycles. The molecule has 0 spiro atoms. The lowest BCUT2D eigenvalue weighted by Gasteiger charge is -2.22. The Morgan fingerprint density at radius 2 is 1.53 bits per heavy atom. The van der Waals surface area contributed by atoms with Gasteiger partial charge in [0.15, 0.2) is 0 Å². The van der Waals surface area contributed by atoms with Gasteiger partial charge < -0.3 is 15.2 Å². The number of hydrogen-bond donors (Lipinski definition) is 1. The van der Waals surface area contributed by atoms with Crippen molar-refractivity contribution in [2.45, 2.75) is 39.7 Å². The van der Waals surface area contributed by atoms with Gasteiger partial charge in [-0.05, 0) is 40.2 Å². The maximum atomic E-state index is 5.75. The smallest absolute Gasteiger partial charge is 0.0593 e. The van der Waals surface area contributed by atoms with Gasteiger partial charge in [-0.2, -0.15) is 0 Å². The van der Waals surface area contributed by atoms with E-state index in [-0.39, 0.29) is 0 Å². The van der Waals surface area contributed by atoms with Crippen LogP contribution in [0.3, 0.4) is 0 Å². The minimum atomic E-state index is 0.302. The van der Waals surface area contributed by atoms with Crippen LogP contribution in [0, 0.1) is 0 Å². The average molecular weight is 246 g/mol. The Morgan fingerprint density at radius 3 is 1.94 bits per heavy atom. The molecule has 0 saturated heterocycles. The third kappa shape index (κ3) is 12.1. The monoisotopic (exact) mass is 246 g/mol. The second-order valence-corrected chi connectivity index (χ2v) is 4.36. The first kappa shape index (κ1) is 16.8. The average Bonchev–Trinajstić information content (AvgIpc) is 2.28. The van der Waals surface area contributed by atoms with Crippen LogP contribution in [0.15, 0.2) is 0 Å². The Labute approximate surface area is 106 Å². The van der Waals surface area contributed by atoms with Crippen LogP contribution in [0.5, 0.6) is 0 Å². The van der Waals surface area contributed by atoms with Crippen LogP contribution < -0.4 is 5.73 Å². The van der Waals surface area contributed by atoms with Gasteiger partial charge in [-0.3, -0.25) is 4.90 Å². The van der Waals surface area contributed by atoms with Gasteiger partial charge >= 0.3 is 0 Å². The quantitative estimate of drug-likeness (QED) is 0.530. The molecule has 4 nitrogen and oxygen atoms in total. The molecule has 0 saturated carbocycles. The van der Waals surface area contributed by atoms with Crippen LogP contribution in [0.2, 0.25) is 0 Å².